The Kier molecular flexibility index (Phi) is 4.77. The Morgan fingerprint density at radius 3 is 2.68 bits per heavy atom. The van der Waals surface area contributed by atoms with Gasteiger partial charge in [0.15, 0.2) is 5.11 Å². The number of likely N-dealkylation sites (N-methyl/N-ethyl adjacent to an activating group) is 1. The summed E-state index contributed by atoms with van der Waals surface area (Å²) in [7, 11) is 4.24. The van der Waals surface area contributed by atoms with E-state index in [4.69, 9.17) is 12.2 Å². The molecule has 0 aliphatic carbocycles. The molecule has 1 aliphatic rings. The highest BCUT2D eigenvalue weighted by atomic mass is 32.1. The van der Waals surface area contributed by atoms with E-state index in [2.05, 4.69) is 60.4 Å². The maximum absolute atomic E-state index is 5.55. The zero-order valence-corrected chi connectivity index (χ0v) is 12.8. The Bertz CT molecular complexity index is 428. The van der Waals surface area contributed by atoms with Crippen LogP contribution in [0.1, 0.15) is 18.4 Å². The second kappa shape index (κ2) is 6.35. The first-order valence-electron chi connectivity index (χ1n) is 6.85. The van der Waals surface area contributed by atoms with E-state index >= 15 is 0 Å². The van der Waals surface area contributed by atoms with E-state index in [0.29, 0.717) is 6.04 Å². The highest BCUT2D eigenvalue weighted by molar-refractivity contribution is 7.80. The van der Waals surface area contributed by atoms with Crippen LogP contribution in [0.3, 0.4) is 0 Å². The van der Waals surface area contributed by atoms with Crippen molar-refractivity contribution in [1.82, 2.24) is 9.80 Å². The first kappa shape index (κ1) is 14.3. The lowest BCUT2D eigenvalue weighted by atomic mass is 10.2. The first-order chi connectivity index (χ1) is 9.06. The fourth-order valence-electron chi connectivity index (χ4n) is 2.55. The van der Waals surface area contributed by atoms with Gasteiger partial charge in [-0.15, -0.1) is 0 Å². The van der Waals surface area contributed by atoms with Gasteiger partial charge in [-0.3, -0.25) is 0 Å². The SMILES string of the molecule is Cc1ccc(NC(=S)N2CCCC2CN(C)C)cc1. The second-order valence-corrected chi connectivity index (χ2v) is 5.93. The molecule has 1 heterocycles. The standard InChI is InChI=1S/C15H23N3S/c1-12-6-8-13(9-7-12)16-15(19)18-10-4-5-14(18)11-17(2)3/h6-9,14H,4-5,10-11H2,1-3H3,(H,16,19). The number of rotatable bonds is 3. The Labute approximate surface area is 121 Å². The van der Waals surface area contributed by atoms with Gasteiger partial charge in [-0.1, -0.05) is 17.7 Å². The largest absolute Gasteiger partial charge is 0.345 e. The molecule has 1 atom stereocenters. The molecule has 0 spiro atoms. The van der Waals surface area contributed by atoms with Crippen LogP contribution in [0.15, 0.2) is 24.3 Å². The second-order valence-electron chi connectivity index (χ2n) is 5.55. The first-order valence-corrected chi connectivity index (χ1v) is 7.26. The Morgan fingerprint density at radius 1 is 1.37 bits per heavy atom. The molecule has 0 aromatic heterocycles. The van der Waals surface area contributed by atoms with E-state index in [0.717, 1.165) is 23.9 Å². The summed E-state index contributed by atoms with van der Waals surface area (Å²) in [5, 5.41) is 4.21. The van der Waals surface area contributed by atoms with Gasteiger partial charge in [-0.2, -0.15) is 0 Å². The van der Waals surface area contributed by atoms with Crippen molar-refractivity contribution in [1.29, 1.82) is 0 Å². The number of likely N-dealkylation sites (tertiary alicyclic amines) is 1. The number of nitrogens with zero attached hydrogens (tertiary/aromatic N) is 2. The molecule has 19 heavy (non-hydrogen) atoms. The average Bonchev–Trinajstić information content (AvgIpc) is 2.79. The summed E-state index contributed by atoms with van der Waals surface area (Å²) in [6.07, 6.45) is 2.46. The normalized spacial score (nSPS) is 18.9. The summed E-state index contributed by atoms with van der Waals surface area (Å²) in [5.74, 6) is 0. The molecule has 0 radical (unpaired) electrons. The van der Waals surface area contributed by atoms with Gasteiger partial charge >= 0.3 is 0 Å². The van der Waals surface area contributed by atoms with Crippen molar-refractivity contribution in [2.45, 2.75) is 25.8 Å². The molecule has 2 rings (SSSR count). The van der Waals surface area contributed by atoms with Crippen molar-refractivity contribution in [3.63, 3.8) is 0 Å². The van der Waals surface area contributed by atoms with E-state index in [9.17, 15) is 0 Å². The molecule has 1 N–H and O–H groups in total. The van der Waals surface area contributed by atoms with E-state index in [-0.39, 0.29) is 0 Å². The zero-order valence-electron chi connectivity index (χ0n) is 12.0. The minimum atomic E-state index is 0.542. The maximum atomic E-state index is 5.55. The van der Waals surface area contributed by atoms with Gasteiger partial charge in [-0.25, -0.2) is 0 Å². The third-order valence-electron chi connectivity index (χ3n) is 3.52. The molecule has 4 heteroatoms. The highest BCUT2D eigenvalue weighted by Crippen LogP contribution is 2.19. The van der Waals surface area contributed by atoms with Crippen LogP contribution < -0.4 is 5.32 Å². The highest BCUT2D eigenvalue weighted by Gasteiger charge is 2.26. The lowest BCUT2D eigenvalue weighted by molar-refractivity contribution is 0.288. The predicted molar refractivity (Wildman–Crippen MR) is 85.7 cm³/mol. The van der Waals surface area contributed by atoms with E-state index < -0.39 is 0 Å². The number of thiocarbonyl (C=S) groups is 1. The number of anilines is 1. The predicted octanol–water partition coefficient (Wildman–Crippen LogP) is 2.72. The summed E-state index contributed by atoms with van der Waals surface area (Å²) in [6.45, 7) is 4.22. The van der Waals surface area contributed by atoms with Crippen molar-refractivity contribution >= 4 is 23.0 Å². The molecule has 1 aromatic rings. The lowest BCUT2D eigenvalue weighted by Gasteiger charge is -2.29. The van der Waals surface area contributed by atoms with Crippen molar-refractivity contribution in [2.24, 2.45) is 0 Å². The minimum Gasteiger partial charge on any atom is -0.345 e. The Morgan fingerprint density at radius 2 is 2.05 bits per heavy atom. The molecular weight excluding hydrogens is 254 g/mol. The summed E-state index contributed by atoms with van der Waals surface area (Å²) in [6, 6.07) is 8.91. The van der Waals surface area contributed by atoms with Gasteiger partial charge in [-0.05, 0) is 58.2 Å². The van der Waals surface area contributed by atoms with E-state index in [1.165, 1.54) is 18.4 Å². The number of benzene rings is 1. The molecule has 1 unspecified atom stereocenters. The molecule has 1 aromatic carbocycles. The molecule has 0 bridgehead atoms. The van der Waals surface area contributed by atoms with Gasteiger partial charge in [0.25, 0.3) is 0 Å². The molecule has 1 aliphatic heterocycles. The summed E-state index contributed by atoms with van der Waals surface area (Å²) in [4.78, 5) is 4.56. The van der Waals surface area contributed by atoms with Crippen LogP contribution in [0.2, 0.25) is 0 Å². The van der Waals surface area contributed by atoms with Gasteiger partial charge in [0.05, 0.1) is 0 Å². The van der Waals surface area contributed by atoms with Crippen LogP contribution in [-0.4, -0.2) is 48.1 Å². The van der Waals surface area contributed by atoms with Crippen LogP contribution in [0.5, 0.6) is 0 Å². The monoisotopic (exact) mass is 277 g/mol. The topological polar surface area (TPSA) is 18.5 Å². The third kappa shape index (κ3) is 3.91. The number of hydrogen-bond acceptors (Lipinski definition) is 2. The smallest absolute Gasteiger partial charge is 0.173 e. The summed E-state index contributed by atoms with van der Waals surface area (Å²) in [5.41, 5.74) is 2.34. The minimum absolute atomic E-state index is 0.542. The maximum Gasteiger partial charge on any atom is 0.173 e. The molecule has 104 valence electrons. The summed E-state index contributed by atoms with van der Waals surface area (Å²) >= 11 is 5.55. The van der Waals surface area contributed by atoms with Crippen LogP contribution in [0.4, 0.5) is 5.69 Å². The molecule has 0 saturated carbocycles. The van der Waals surface area contributed by atoms with Crippen LogP contribution in [0.25, 0.3) is 0 Å². The van der Waals surface area contributed by atoms with Crippen LogP contribution in [-0.2, 0) is 0 Å². The van der Waals surface area contributed by atoms with Gasteiger partial charge in [0.2, 0.25) is 0 Å². The molecule has 0 amide bonds. The van der Waals surface area contributed by atoms with Gasteiger partial charge in [0.1, 0.15) is 0 Å². The number of hydrogen-bond donors (Lipinski definition) is 1. The van der Waals surface area contributed by atoms with Crippen molar-refractivity contribution < 1.29 is 0 Å². The Hall–Kier alpha value is -1.13. The van der Waals surface area contributed by atoms with Gasteiger partial charge < -0.3 is 15.1 Å². The quantitative estimate of drug-likeness (QED) is 0.856. The molecule has 1 saturated heterocycles. The molecule has 3 nitrogen and oxygen atoms in total. The zero-order chi connectivity index (χ0) is 13.8. The van der Waals surface area contributed by atoms with Crippen molar-refractivity contribution in [3.8, 4) is 0 Å². The molecular formula is C15H23N3S. The lowest BCUT2D eigenvalue weighted by Crippen LogP contribution is -2.43. The van der Waals surface area contributed by atoms with Crippen molar-refractivity contribution in [3.05, 3.63) is 29.8 Å². The van der Waals surface area contributed by atoms with E-state index in [1.807, 2.05) is 0 Å². The summed E-state index contributed by atoms with van der Waals surface area (Å²) < 4.78 is 0. The van der Waals surface area contributed by atoms with Crippen molar-refractivity contribution in [2.75, 3.05) is 32.5 Å². The van der Waals surface area contributed by atoms with Gasteiger partial charge in [0, 0.05) is 24.8 Å². The third-order valence-corrected chi connectivity index (χ3v) is 3.85. The fourth-order valence-corrected chi connectivity index (χ4v) is 2.90. The molecule has 1 fully saturated rings. The van der Waals surface area contributed by atoms with E-state index in [1.54, 1.807) is 0 Å². The Balaban J connectivity index is 1.97. The number of nitrogens with one attached hydrogen (secondary N) is 1. The average molecular weight is 277 g/mol. The van der Waals surface area contributed by atoms with Crippen LogP contribution >= 0.6 is 12.2 Å². The van der Waals surface area contributed by atoms with Crippen LogP contribution in [0, 0.1) is 6.92 Å². The fraction of sp³-hybridized carbons (Fsp3) is 0.533. The number of aryl methyl sites for hydroxylation is 1.